The van der Waals surface area contributed by atoms with Gasteiger partial charge in [-0.25, -0.2) is 8.42 Å². The average molecular weight is 286 g/mol. The maximum Gasteiger partial charge on any atom is 0.262 e. The molecule has 0 radical (unpaired) electrons. The quantitative estimate of drug-likeness (QED) is 0.943. The number of nitrogens with zero attached hydrogens (tertiary/aromatic N) is 1. The van der Waals surface area contributed by atoms with Crippen LogP contribution in [-0.4, -0.2) is 8.42 Å². The van der Waals surface area contributed by atoms with Gasteiger partial charge >= 0.3 is 0 Å². The van der Waals surface area contributed by atoms with Gasteiger partial charge in [-0.3, -0.25) is 4.72 Å². The number of sulfonamides is 1. The summed E-state index contributed by atoms with van der Waals surface area (Å²) in [6.07, 6.45) is 0. The van der Waals surface area contributed by atoms with E-state index in [2.05, 4.69) is 4.72 Å². The van der Waals surface area contributed by atoms with Gasteiger partial charge in [-0.15, -0.1) is 0 Å². The Morgan fingerprint density at radius 1 is 1.10 bits per heavy atom. The van der Waals surface area contributed by atoms with Gasteiger partial charge in [0.15, 0.2) is 0 Å². The molecule has 20 heavy (non-hydrogen) atoms. The molecule has 0 spiro atoms. The van der Waals surface area contributed by atoms with Crippen molar-refractivity contribution in [2.24, 2.45) is 0 Å². The molecule has 0 aromatic heterocycles. The van der Waals surface area contributed by atoms with E-state index in [0.717, 1.165) is 5.56 Å². The minimum absolute atomic E-state index is 0.218. The van der Waals surface area contributed by atoms with Gasteiger partial charge in [-0.05, 0) is 37.6 Å². The predicted octanol–water partition coefficient (Wildman–Crippen LogP) is 2.98. The molecule has 2 aromatic rings. The van der Waals surface area contributed by atoms with E-state index in [9.17, 15) is 8.42 Å². The van der Waals surface area contributed by atoms with Crippen LogP contribution in [0.15, 0.2) is 47.4 Å². The molecule has 5 heteroatoms. The number of aryl methyl sites for hydroxylation is 2. The molecule has 2 rings (SSSR count). The second kappa shape index (κ2) is 5.35. The highest BCUT2D eigenvalue weighted by Crippen LogP contribution is 2.22. The zero-order valence-electron chi connectivity index (χ0n) is 11.2. The zero-order valence-corrected chi connectivity index (χ0v) is 12.0. The third-order valence-electron chi connectivity index (χ3n) is 2.91. The van der Waals surface area contributed by atoms with Crippen LogP contribution in [0.5, 0.6) is 0 Å². The van der Waals surface area contributed by atoms with Crippen molar-refractivity contribution in [2.45, 2.75) is 18.7 Å². The van der Waals surface area contributed by atoms with E-state index in [4.69, 9.17) is 5.26 Å². The van der Waals surface area contributed by atoms with Gasteiger partial charge in [0.25, 0.3) is 10.0 Å². The number of nitriles is 1. The van der Waals surface area contributed by atoms with E-state index in [1.807, 2.05) is 19.1 Å². The Hall–Kier alpha value is -2.32. The number of hydrogen-bond donors (Lipinski definition) is 1. The Kier molecular flexibility index (Phi) is 3.77. The number of anilines is 1. The van der Waals surface area contributed by atoms with Crippen molar-refractivity contribution in [1.29, 1.82) is 5.26 Å². The Labute approximate surface area is 118 Å². The summed E-state index contributed by atoms with van der Waals surface area (Å²) >= 11 is 0. The van der Waals surface area contributed by atoms with Crippen molar-refractivity contribution in [3.63, 3.8) is 0 Å². The first-order valence-corrected chi connectivity index (χ1v) is 7.51. The van der Waals surface area contributed by atoms with Crippen LogP contribution in [-0.2, 0) is 10.0 Å². The Balaban J connectivity index is 2.44. The largest absolute Gasteiger partial charge is 0.278 e. The fourth-order valence-corrected chi connectivity index (χ4v) is 3.28. The molecule has 0 saturated carbocycles. The molecule has 0 unspecified atom stereocenters. The first kappa shape index (κ1) is 14.1. The second-order valence-electron chi connectivity index (χ2n) is 4.53. The fourth-order valence-electron chi connectivity index (χ4n) is 1.97. The molecule has 2 aromatic carbocycles. The van der Waals surface area contributed by atoms with Gasteiger partial charge in [-0.2, -0.15) is 5.26 Å². The summed E-state index contributed by atoms with van der Waals surface area (Å²) in [5, 5.41) is 8.99. The molecule has 0 amide bonds. The van der Waals surface area contributed by atoms with Crippen molar-refractivity contribution in [3.05, 3.63) is 59.2 Å². The lowest BCUT2D eigenvalue weighted by Crippen LogP contribution is -2.15. The highest BCUT2D eigenvalue weighted by Gasteiger charge is 2.18. The average Bonchev–Trinajstić information content (AvgIpc) is 2.38. The van der Waals surface area contributed by atoms with E-state index >= 15 is 0 Å². The van der Waals surface area contributed by atoms with Crippen molar-refractivity contribution in [3.8, 4) is 6.07 Å². The van der Waals surface area contributed by atoms with E-state index < -0.39 is 10.0 Å². The second-order valence-corrected chi connectivity index (χ2v) is 6.18. The van der Waals surface area contributed by atoms with E-state index in [-0.39, 0.29) is 10.6 Å². The molecular weight excluding hydrogens is 272 g/mol. The summed E-state index contributed by atoms with van der Waals surface area (Å²) in [7, 11) is -3.69. The molecule has 0 heterocycles. The van der Waals surface area contributed by atoms with Crippen LogP contribution in [0.4, 0.5) is 5.69 Å². The summed E-state index contributed by atoms with van der Waals surface area (Å²) in [6.45, 7) is 3.65. The number of benzene rings is 2. The SMILES string of the molecule is Cc1ccc(S(=O)(=O)Nc2ccccc2C#N)c(C)c1. The van der Waals surface area contributed by atoms with E-state index in [1.54, 1.807) is 43.3 Å². The first-order chi connectivity index (χ1) is 9.44. The van der Waals surface area contributed by atoms with Gasteiger partial charge < -0.3 is 0 Å². The molecule has 0 fully saturated rings. The van der Waals surface area contributed by atoms with Crippen LogP contribution in [0.2, 0.25) is 0 Å². The Morgan fingerprint density at radius 2 is 1.80 bits per heavy atom. The minimum Gasteiger partial charge on any atom is -0.278 e. The predicted molar refractivity (Wildman–Crippen MR) is 77.9 cm³/mol. The van der Waals surface area contributed by atoms with Crippen molar-refractivity contribution in [1.82, 2.24) is 0 Å². The number of para-hydroxylation sites is 1. The standard InChI is InChI=1S/C15H14N2O2S/c1-11-7-8-15(12(2)9-11)20(18,19)17-14-6-4-3-5-13(14)10-16/h3-9,17H,1-2H3. The molecule has 102 valence electrons. The Bertz CT molecular complexity index is 790. The van der Waals surface area contributed by atoms with Gasteiger partial charge in [0, 0.05) is 0 Å². The maximum absolute atomic E-state index is 12.4. The number of hydrogen-bond acceptors (Lipinski definition) is 3. The van der Waals surface area contributed by atoms with Gasteiger partial charge in [0.1, 0.15) is 6.07 Å². The lowest BCUT2D eigenvalue weighted by Gasteiger charge is -2.11. The minimum atomic E-state index is -3.69. The van der Waals surface area contributed by atoms with Gasteiger partial charge in [-0.1, -0.05) is 29.8 Å². The summed E-state index contributed by atoms with van der Waals surface area (Å²) in [5.41, 5.74) is 2.25. The summed E-state index contributed by atoms with van der Waals surface area (Å²) in [4.78, 5) is 0.218. The van der Waals surface area contributed by atoms with Crippen LogP contribution < -0.4 is 4.72 Å². The normalized spacial score (nSPS) is 10.8. The van der Waals surface area contributed by atoms with Crippen LogP contribution in [0.3, 0.4) is 0 Å². The van der Waals surface area contributed by atoms with Crippen LogP contribution in [0.25, 0.3) is 0 Å². The number of nitrogens with one attached hydrogen (secondary N) is 1. The zero-order chi connectivity index (χ0) is 14.8. The molecule has 1 N–H and O–H groups in total. The lowest BCUT2D eigenvalue weighted by atomic mass is 10.2. The number of rotatable bonds is 3. The van der Waals surface area contributed by atoms with Crippen molar-refractivity contribution in [2.75, 3.05) is 4.72 Å². The smallest absolute Gasteiger partial charge is 0.262 e. The summed E-state index contributed by atoms with van der Waals surface area (Å²) in [5.74, 6) is 0. The van der Waals surface area contributed by atoms with Crippen LogP contribution in [0.1, 0.15) is 16.7 Å². The van der Waals surface area contributed by atoms with Crippen molar-refractivity contribution < 1.29 is 8.42 Å². The van der Waals surface area contributed by atoms with Gasteiger partial charge in [0.05, 0.1) is 16.1 Å². The molecule has 0 saturated heterocycles. The third kappa shape index (κ3) is 2.81. The van der Waals surface area contributed by atoms with Gasteiger partial charge in [0.2, 0.25) is 0 Å². The summed E-state index contributed by atoms with van der Waals surface area (Å²) < 4.78 is 27.2. The topological polar surface area (TPSA) is 70.0 Å². The highest BCUT2D eigenvalue weighted by molar-refractivity contribution is 7.92. The Morgan fingerprint density at radius 3 is 2.45 bits per heavy atom. The molecule has 0 aliphatic carbocycles. The van der Waals surface area contributed by atoms with Crippen LogP contribution in [0, 0.1) is 25.2 Å². The molecule has 4 nitrogen and oxygen atoms in total. The molecule has 0 atom stereocenters. The monoisotopic (exact) mass is 286 g/mol. The molecule has 0 bridgehead atoms. The first-order valence-electron chi connectivity index (χ1n) is 6.03. The van der Waals surface area contributed by atoms with E-state index in [1.165, 1.54) is 0 Å². The van der Waals surface area contributed by atoms with Crippen molar-refractivity contribution >= 4 is 15.7 Å². The molecule has 0 aliphatic rings. The van der Waals surface area contributed by atoms with Crippen LogP contribution >= 0.6 is 0 Å². The molecular formula is C15H14N2O2S. The third-order valence-corrected chi connectivity index (χ3v) is 4.44. The maximum atomic E-state index is 12.4. The molecule has 0 aliphatic heterocycles. The summed E-state index contributed by atoms with van der Waals surface area (Å²) in [6, 6.07) is 13.6. The lowest BCUT2D eigenvalue weighted by molar-refractivity contribution is 0.600. The van der Waals surface area contributed by atoms with E-state index in [0.29, 0.717) is 11.1 Å². The highest BCUT2D eigenvalue weighted by atomic mass is 32.2. The fraction of sp³-hybridized carbons (Fsp3) is 0.133.